The molecule has 0 amide bonds. The number of rotatable bonds is 7. The van der Waals surface area contributed by atoms with Gasteiger partial charge < -0.3 is 9.47 Å². The van der Waals surface area contributed by atoms with Crippen LogP contribution < -0.4 is 4.74 Å². The highest BCUT2D eigenvalue weighted by Crippen LogP contribution is 2.14. The predicted molar refractivity (Wildman–Crippen MR) is 72.5 cm³/mol. The maximum atomic E-state index is 11.1. The zero-order valence-corrected chi connectivity index (χ0v) is 11.4. The number of hydrogen-bond donors (Lipinski definition) is 0. The average molecular weight is 283 g/mol. The number of esters is 1. The Morgan fingerprint density at radius 1 is 1.37 bits per heavy atom. The second-order valence-electron chi connectivity index (χ2n) is 3.78. The van der Waals surface area contributed by atoms with Gasteiger partial charge in [0.25, 0.3) is 5.24 Å². The molecule has 0 saturated carbocycles. The van der Waals surface area contributed by atoms with Gasteiger partial charge in [-0.1, -0.05) is 13.5 Å². The summed E-state index contributed by atoms with van der Waals surface area (Å²) in [6.07, 6.45) is 1.42. The van der Waals surface area contributed by atoms with Gasteiger partial charge in [0.05, 0.1) is 0 Å². The highest BCUT2D eigenvalue weighted by Gasteiger charge is 2.11. The van der Waals surface area contributed by atoms with E-state index in [9.17, 15) is 9.59 Å². The van der Waals surface area contributed by atoms with E-state index >= 15 is 0 Å². The van der Waals surface area contributed by atoms with Crippen LogP contribution in [-0.4, -0.2) is 23.9 Å². The Bertz CT molecular complexity index is 453. The van der Waals surface area contributed by atoms with Gasteiger partial charge in [-0.2, -0.15) is 0 Å². The largest absolute Gasteiger partial charge is 0.490 e. The van der Waals surface area contributed by atoms with E-state index in [-0.39, 0.29) is 12.7 Å². The molecule has 1 rings (SSSR count). The molecule has 0 heterocycles. The molecule has 0 radical (unpaired) electrons. The minimum Gasteiger partial charge on any atom is -0.490 e. The number of ether oxygens (including phenoxy) is 2. The van der Waals surface area contributed by atoms with Gasteiger partial charge in [0.15, 0.2) is 0 Å². The summed E-state index contributed by atoms with van der Waals surface area (Å²) >= 11 is 5.33. The van der Waals surface area contributed by atoms with Crippen LogP contribution >= 0.6 is 11.6 Å². The van der Waals surface area contributed by atoms with Crippen molar-refractivity contribution in [1.29, 1.82) is 0 Å². The summed E-state index contributed by atoms with van der Waals surface area (Å²) in [6, 6.07) is 6.41. The Morgan fingerprint density at radius 2 is 2.00 bits per heavy atom. The molecule has 0 fully saturated rings. The summed E-state index contributed by atoms with van der Waals surface area (Å²) < 4.78 is 10.5. The SMILES string of the molecule is C=CC(=O)OC(CC)COc1ccc(C(=O)Cl)cc1. The number of benzene rings is 1. The van der Waals surface area contributed by atoms with Crippen LogP contribution in [-0.2, 0) is 9.53 Å². The first-order valence-electron chi connectivity index (χ1n) is 5.82. The van der Waals surface area contributed by atoms with E-state index in [1.807, 2.05) is 6.92 Å². The van der Waals surface area contributed by atoms with Gasteiger partial charge in [-0.3, -0.25) is 4.79 Å². The molecule has 0 aromatic heterocycles. The van der Waals surface area contributed by atoms with Crippen LogP contribution in [0.5, 0.6) is 5.75 Å². The third-order valence-electron chi connectivity index (χ3n) is 2.42. The summed E-state index contributed by atoms with van der Waals surface area (Å²) in [4.78, 5) is 21.9. The van der Waals surface area contributed by atoms with Gasteiger partial charge in [0, 0.05) is 11.6 Å². The summed E-state index contributed by atoms with van der Waals surface area (Å²) in [5.41, 5.74) is 0.402. The lowest BCUT2D eigenvalue weighted by molar-refractivity contribution is -0.144. The minimum absolute atomic E-state index is 0.240. The van der Waals surface area contributed by atoms with E-state index in [2.05, 4.69) is 6.58 Å². The Kier molecular flexibility index (Phi) is 6.09. The normalized spacial score (nSPS) is 11.5. The molecular weight excluding hydrogens is 268 g/mol. The first-order valence-corrected chi connectivity index (χ1v) is 6.20. The third-order valence-corrected chi connectivity index (χ3v) is 2.64. The van der Waals surface area contributed by atoms with Crippen LogP contribution in [0, 0.1) is 0 Å². The molecule has 0 saturated heterocycles. The summed E-state index contributed by atoms with van der Waals surface area (Å²) in [5.74, 6) is 0.105. The molecule has 0 bridgehead atoms. The molecule has 0 aliphatic heterocycles. The molecular formula is C14H15ClO4. The smallest absolute Gasteiger partial charge is 0.330 e. The van der Waals surface area contributed by atoms with E-state index in [1.54, 1.807) is 24.3 Å². The predicted octanol–water partition coefficient (Wildman–Crippen LogP) is 2.95. The van der Waals surface area contributed by atoms with Crippen LogP contribution in [0.4, 0.5) is 0 Å². The van der Waals surface area contributed by atoms with Gasteiger partial charge >= 0.3 is 5.97 Å². The fourth-order valence-corrected chi connectivity index (χ4v) is 1.44. The molecule has 102 valence electrons. The highest BCUT2D eigenvalue weighted by atomic mass is 35.5. The van der Waals surface area contributed by atoms with Crippen LogP contribution in [0.1, 0.15) is 23.7 Å². The standard InChI is InChI=1S/C14H15ClO4/c1-3-11(19-13(16)4-2)9-18-12-7-5-10(6-8-12)14(15)17/h4-8,11H,2-3,9H2,1H3. The highest BCUT2D eigenvalue weighted by molar-refractivity contribution is 6.67. The maximum Gasteiger partial charge on any atom is 0.330 e. The Hall–Kier alpha value is -1.81. The first kappa shape index (κ1) is 15.2. The van der Waals surface area contributed by atoms with E-state index in [4.69, 9.17) is 21.1 Å². The Labute approximate surface area is 117 Å². The number of hydrogen-bond acceptors (Lipinski definition) is 4. The van der Waals surface area contributed by atoms with Crippen molar-refractivity contribution in [2.75, 3.05) is 6.61 Å². The molecule has 1 aromatic carbocycles. The molecule has 1 aromatic rings. The van der Waals surface area contributed by atoms with E-state index in [0.717, 1.165) is 6.08 Å². The lowest BCUT2D eigenvalue weighted by atomic mass is 10.2. The molecule has 0 spiro atoms. The van der Waals surface area contributed by atoms with E-state index in [0.29, 0.717) is 17.7 Å². The second kappa shape index (κ2) is 7.59. The molecule has 0 N–H and O–H groups in total. The molecule has 19 heavy (non-hydrogen) atoms. The van der Waals surface area contributed by atoms with Crippen molar-refractivity contribution < 1.29 is 19.1 Å². The Morgan fingerprint density at radius 3 is 2.47 bits per heavy atom. The van der Waals surface area contributed by atoms with Crippen LogP contribution in [0.3, 0.4) is 0 Å². The lowest BCUT2D eigenvalue weighted by Crippen LogP contribution is -2.23. The van der Waals surface area contributed by atoms with Crippen molar-refractivity contribution in [1.82, 2.24) is 0 Å². The van der Waals surface area contributed by atoms with E-state index < -0.39 is 11.2 Å². The molecule has 5 heteroatoms. The summed E-state index contributed by atoms with van der Waals surface area (Å²) in [6.45, 7) is 5.46. The summed E-state index contributed by atoms with van der Waals surface area (Å²) in [7, 11) is 0. The zero-order valence-electron chi connectivity index (χ0n) is 10.6. The molecule has 0 aliphatic rings. The first-order chi connectivity index (χ1) is 9.06. The van der Waals surface area contributed by atoms with Crippen LogP contribution in [0.2, 0.25) is 0 Å². The zero-order chi connectivity index (χ0) is 14.3. The second-order valence-corrected chi connectivity index (χ2v) is 4.12. The van der Waals surface area contributed by atoms with Gasteiger partial charge in [0.1, 0.15) is 18.5 Å². The van der Waals surface area contributed by atoms with Crippen LogP contribution in [0.15, 0.2) is 36.9 Å². The minimum atomic E-state index is -0.516. The van der Waals surface area contributed by atoms with Crippen LogP contribution in [0.25, 0.3) is 0 Å². The quantitative estimate of drug-likeness (QED) is 0.438. The van der Waals surface area contributed by atoms with Crippen molar-refractivity contribution in [3.05, 3.63) is 42.5 Å². The summed E-state index contributed by atoms with van der Waals surface area (Å²) in [5, 5.41) is -0.516. The van der Waals surface area contributed by atoms with Gasteiger partial charge in [-0.25, -0.2) is 4.79 Å². The molecule has 1 unspecified atom stereocenters. The molecule has 1 atom stereocenters. The number of halogens is 1. The number of carbonyl (C=O) groups is 2. The van der Waals surface area contributed by atoms with Crippen molar-refractivity contribution in [2.45, 2.75) is 19.4 Å². The molecule has 4 nitrogen and oxygen atoms in total. The monoisotopic (exact) mass is 282 g/mol. The molecule has 0 aliphatic carbocycles. The number of carbonyl (C=O) groups excluding carboxylic acids is 2. The van der Waals surface area contributed by atoms with Crippen molar-refractivity contribution in [3.63, 3.8) is 0 Å². The fourth-order valence-electron chi connectivity index (χ4n) is 1.32. The van der Waals surface area contributed by atoms with Gasteiger partial charge in [-0.05, 0) is 42.3 Å². The maximum absolute atomic E-state index is 11.1. The Balaban J connectivity index is 2.52. The fraction of sp³-hybridized carbons (Fsp3) is 0.286. The van der Waals surface area contributed by atoms with Crippen molar-refractivity contribution in [2.24, 2.45) is 0 Å². The van der Waals surface area contributed by atoms with E-state index in [1.165, 1.54) is 0 Å². The van der Waals surface area contributed by atoms with Crippen molar-refractivity contribution >= 4 is 22.8 Å². The van der Waals surface area contributed by atoms with Crippen molar-refractivity contribution in [3.8, 4) is 5.75 Å². The average Bonchev–Trinajstić information content (AvgIpc) is 2.43. The van der Waals surface area contributed by atoms with Gasteiger partial charge in [0.2, 0.25) is 0 Å². The van der Waals surface area contributed by atoms with Gasteiger partial charge in [-0.15, -0.1) is 0 Å². The third kappa shape index (κ3) is 5.14. The lowest BCUT2D eigenvalue weighted by Gasteiger charge is -2.16. The topological polar surface area (TPSA) is 52.6 Å².